The van der Waals surface area contributed by atoms with Gasteiger partial charge >= 0.3 is 0 Å². The highest BCUT2D eigenvalue weighted by Crippen LogP contribution is 2.37. The van der Waals surface area contributed by atoms with Crippen molar-refractivity contribution in [1.29, 1.82) is 0 Å². The highest BCUT2D eigenvalue weighted by molar-refractivity contribution is 5.79. The van der Waals surface area contributed by atoms with Crippen molar-refractivity contribution in [3.63, 3.8) is 0 Å². The number of carbonyl (C=O) groups excluding carboxylic acids is 2. The van der Waals surface area contributed by atoms with Crippen LogP contribution >= 0.6 is 0 Å². The van der Waals surface area contributed by atoms with Crippen molar-refractivity contribution < 1.29 is 14.7 Å². The molecular formula is C21H32N4O3. The third kappa shape index (κ3) is 4.40. The van der Waals surface area contributed by atoms with E-state index in [1.165, 1.54) is 0 Å². The molecule has 0 aromatic carbocycles. The maximum atomic E-state index is 12.6. The minimum atomic E-state index is -0.497. The predicted molar refractivity (Wildman–Crippen MR) is 104 cm³/mol. The quantitative estimate of drug-likeness (QED) is 0.690. The molecule has 2 aliphatic carbocycles. The third-order valence-electron chi connectivity index (χ3n) is 6.96. The van der Waals surface area contributed by atoms with Crippen molar-refractivity contribution in [3.05, 3.63) is 18.0 Å². The van der Waals surface area contributed by atoms with Crippen LogP contribution < -0.4 is 5.32 Å². The molecule has 0 unspecified atom stereocenters. The Hall–Kier alpha value is -1.89. The molecule has 2 saturated carbocycles. The van der Waals surface area contributed by atoms with E-state index in [1.54, 1.807) is 6.20 Å². The van der Waals surface area contributed by atoms with Crippen LogP contribution in [0, 0.1) is 17.8 Å². The summed E-state index contributed by atoms with van der Waals surface area (Å²) in [6, 6.07) is -0.162. The van der Waals surface area contributed by atoms with Gasteiger partial charge in [0.15, 0.2) is 0 Å². The molecule has 4 rings (SSSR count). The van der Waals surface area contributed by atoms with E-state index >= 15 is 0 Å². The van der Waals surface area contributed by atoms with Crippen LogP contribution in [0.3, 0.4) is 0 Å². The van der Waals surface area contributed by atoms with Gasteiger partial charge in [-0.3, -0.25) is 14.7 Å². The summed E-state index contributed by atoms with van der Waals surface area (Å²) in [6.07, 6.45) is 11.1. The Kier molecular flexibility index (Phi) is 5.99. The van der Waals surface area contributed by atoms with Gasteiger partial charge in [0.2, 0.25) is 11.8 Å². The maximum Gasteiger partial charge on any atom is 0.223 e. The second-order valence-corrected chi connectivity index (χ2v) is 8.91. The second kappa shape index (κ2) is 8.64. The van der Waals surface area contributed by atoms with Crippen LogP contribution in [0.5, 0.6) is 0 Å². The van der Waals surface area contributed by atoms with Crippen LogP contribution in [0.25, 0.3) is 0 Å². The van der Waals surface area contributed by atoms with Crippen molar-refractivity contribution in [3.8, 4) is 0 Å². The fraction of sp³-hybridized carbons (Fsp3) is 0.762. The van der Waals surface area contributed by atoms with Gasteiger partial charge in [0.05, 0.1) is 18.3 Å². The molecule has 3 N–H and O–H groups in total. The lowest BCUT2D eigenvalue weighted by Crippen LogP contribution is -2.50. The number of amides is 2. The fourth-order valence-electron chi connectivity index (χ4n) is 5.29. The molecule has 28 heavy (non-hydrogen) atoms. The highest BCUT2D eigenvalue weighted by Gasteiger charge is 2.43. The zero-order valence-electron chi connectivity index (χ0n) is 16.5. The van der Waals surface area contributed by atoms with E-state index in [4.69, 9.17) is 0 Å². The number of aromatic amines is 1. The lowest BCUT2D eigenvalue weighted by atomic mass is 9.77. The lowest BCUT2D eigenvalue weighted by Gasteiger charge is -2.36. The Balaban J connectivity index is 1.25. The van der Waals surface area contributed by atoms with Crippen LogP contribution in [0.1, 0.15) is 56.9 Å². The van der Waals surface area contributed by atoms with Crippen molar-refractivity contribution >= 4 is 11.8 Å². The molecule has 1 saturated heterocycles. The summed E-state index contributed by atoms with van der Waals surface area (Å²) >= 11 is 0. The Morgan fingerprint density at radius 2 is 1.96 bits per heavy atom. The highest BCUT2D eigenvalue weighted by atomic mass is 16.3. The van der Waals surface area contributed by atoms with E-state index in [0.717, 1.165) is 63.6 Å². The average molecular weight is 389 g/mol. The van der Waals surface area contributed by atoms with Crippen molar-refractivity contribution in [2.45, 2.75) is 69.9 Å². The van der Waals surface area contributed by atoms with Gasteiger partial charge in [0, 0.05) is 31.6 Å². The number of aliphatic hydroxyl groups is 1. The van der Waals surface area contributed by atoms with Gasteiger partial charge in [0.25, 0.3) is 0 Å². The molecule has 7 heteroatoms. The number of hydrogen-bond donors (Lipinski definition) is 3. The van der Waals surface area contributed by atoms with E-state index in [0.29, 0.717) is 24.7 Å². The van der Waals surface area contributed by atoms with Gasteiger partial charge < -0.3 is 15.3 Å². The summed E-state index contributed by atoms with van der Waals surface area (Å²) in [5.74, 6) is 1.19. The molecular weight excluding hydrogens is 356 g/mol. The van der Waals surface area contributed by atoms with Gasteiger partial charge in [0.1, 0.15) is 0 Å². The first-order chi connectivity index (χ1) is 13.6. The third-order valence-corrected chi connectivity index (χ3v) is 6.96. The minimum absolute atomic E-state index is 0.116. The molecule has 3 fully saturated rings. The molecule has 1 aromatic rings. The second-order valence-electron chi connectivity index (χ2n) is 8.91. The number of hydrogen-bond acceptors (Lipinski definition) is 4. The Labute approximate surface area is 166 Å². The predicted octanol–water partition coefficient (Wildman–Crippen LogP) is 1.64. The summed E-state index contributed by atoms with van der Waals surface area (Å²) in [7, 11) is 0. The molecule has 7 nitrogen and oxygen atoms in total. The zero-order chi connectivity index (χ0) is 19.5. The number of nitrogens with zero attached hydrogens (tertiary/aromatic N) is 2. The summed E-state index contributed by atoms with van der Waals surface area (Å²) in [6.45, 7) is 1.51. The molecule has 4 atom stereocenters. The average Bonchev–Trinajstić information content (AvgIpc) is 3.43. The van der Waals surface area contributed by atoms with E-state index in [1.807, 2.05) is 11.1 Å². The molecule has 2 heterocycles. The number of aromatic nitrogens is 2. The SMILES string of the molecule is O=C(N[C@H]1C[C@H]2CN(C(=O)CCCc3cn[nH]c3)C[C@H]2C[C@@H]1O)C1CCCC1. The van der Waals surface area contributed by atoms with Crippen LogP contribution in [0.4, 0.5) is 0 Å². The molecule has 0 bridgehead atoms. The van der Waals surface area contributed by atoms with Crippen LogP contribution in [-0.2, 0) is 16.0 Å². The number of aliphatic hydroxyl groups excluding tert-OH is 1. The Bertz CT molecular complexity index is 671. The normalized spacial score (nSPS) is 30.4. The first kappa shape index (κ1) is 19.4. The van der Waals surface area contributed by atoms with Gasteiger partial charge in [-0.15, -0.1) is 0 Å². The van der Waals surface area contributed by atoms with E-state index in [2.05, 4.69) is 15.5 Å². The zero-order valence-corrected chi connectivity index (χ0v) is 16.5. The molecule has 3 aliphatic rings. The van der Waals surface area contributed by atoms with E-state index < -0.39 is 6.10 Å². The molecule has 1 aromatic heterocycles. The smallest absolute Gasteiger partial charge is 0.223 e. The molecule has 1 aliphatic heterocycles. The molecule has 0 radical (unpaired) electrons. The van der Waals surface area contributed by atoms with Crippen LogP contribution in [-0.4, -0.2) is 57.3 Å². The van der Waals surface area contributed by atoms with Crippen molar-refractivity contribution in [1.82, 2.24) is 20.4 Å². The van der Waals surface area contributed by atoms with Gasteiger partial charge in [-0.1, -0.05) is 12.8 Å². The van der Waals surface area contributed by atoms with Gasteiger partial charge in [-0.2, -0.15) is 5.10 Å². The Morgan fingerprint density at radius 1 is 1.21 bits per heavy atom. The maximum absolute atomic E-state index is 12.6. The number of aryl methyl sites for hydroxylation is 1. The summed E-state index contributed by atoms with van der Waals surface area (Å²) in [5.41, 5.74) is 1.13. The molecule has 2 amide bonds. The van der Waals surface area contributed by atoms with Crippen molar-refractivity contribution in [2.75, 3.05) is 13.1 Å². The van der Waals surface area contributed by atoms with Gasteiger partial charge in [-0.05, 0) is 55.9 Å². The number of H-pyrrole nitrogens is 1. The van der Waals surface area contributed by atoms with Crippen LogP contribution in [0.15, 0.2) is 12.4 Å². The largest absolute Gasteiger partial charge is 0.391 e. The first-order valence-electron chi connectivity index (χ1n) is 10.8. The van der Waals surface area contributed by atoms with Crippen LogP contribution in [0.2, 0.25) is 0 Å². The topological polar surface area (TPSA) is 98.3 Å². The Morgan fingerprint density at radius 3 is 2.68 bits per heavy atom. The summed E-state index contributed by atoms with van der Waals surface area (Å²) in [5, 5.41) is 20.4. The lowest BCUT2D eigenvalue weighted by molar-refractivity contribution is -0.130. The first-order valence-corrected chi connectivity index (χ1v) is 10.8. The molecule has 0 spiro atoms. The molecule has 154 valence electrons. The fourth-order valence-corrected chi connectivity index (χ4v) is 5.29. The minimum Gasteiger partial charge on any atom is -0.391 e. The number of nitrogens with one attached hydrogen (secondary N) is 2. The monoisotopic (exact) mass is 388 g/mol. The number of likely N-dealkylation sites (tertiary alicyclic amines) is 1. The number of rotatable bonds is 6. The number of carbonyl (C=O) groups is 2. The number of fused-ring (bicyclic) bond motifs is 1. The summed E-state index contributed by atoms with van der Waals surface area (Å²) in [4.78, 5) is 27.0. The van der Waals surface area contributed by atoms with E-state index in [9.17, 15) is 14.7 Å². The standard InChI is InChI=1S/C21H32N4O3/c26-19-9-17-13-25(20(27)7-3-4-14-10-22-23-11-14)12-16(17)8-18(19)24-21(28)15-5-1-2-6-15/h10-11,15-19,26H,1-9,12-13H2,(H,22,23)(H,24,28)/t16-,17+,18-,19-/m0/s1. The van der Waals surface area contributed by atoms with E-state index in [-0.39, 0.29) is 23.8 Å². The van der Waals surface area contributed by atoms with Crippen molar-refractivity contribution in [2.24, 2.45) is 17.8 Å². The van der Waals surface area contributed by atoms with Gasteiger partial charge in [-0.25, -0.2) is 0 Å². The summed E-state index contributed by atoms with van der Waals surface area (Å²) < 4.78 is 0.